The number of rotatable bonds is 3. The van der Waals surface area contributed by atoms with Crippen molar-refractivity contribution in [2.75, 3.05) is 19.6 Å². The third-order valence-corrected chi connectivity index (χ3v) is 3.91. The first-order valence-electron chi connectivity index (χ1n) is 8.42. The summed E-state index contributed by atoms with van der Waals surface area (Å²) >= 11 is 0. The van der Waals surface area contributed by atoms with Gasteiger partial charge in [-0.25, -0.2) is 0 Å². The molecule has 0 radical (unpaired) electrons. The molecule has 1 aliphatic rings. The Morgan fingerprint density at radius 3 is 2.30 bits per heavy atom. The summed E-state index contributed by atoms with van der Waals surface area (Å²) in [5.41, 5.74) is 0.0868. The van der Waals surface area contributed by atoms with Crippen LogP contribution < -0.4 is 5.32 Å². The van der Waals surface area contributed by atoms with Crippen LogP contribution in [0.4, 0.5) is 0 Å². The topological polar surface area (TPSA) is 71.3 Å². The van der Waals surface area contributed by atoms with Gasteiger partial charge in [-0.3, -0.25) is 4.79 Å². The molecule has 1 aromatic heterocycles. The van der Waals surface area contributed by atoms with Crippen LogP contribution in [0.15, 0.2) is 4.52 Å². The second-order valence-corrected chi connectivity index (χ2v) is 8.76. The van der Waals surface area contributed by atoms with Gasteiger partial charge in [0.15, 0.2) is 5.82 Å². The van der Waals surface area contributed by atoms with E-state index in [0.29, 0.717) is 11.2 Å². The van der Waals surface area contributed by atoms with Crippen LogP contribution in [-0.4, -0.2) is 46.6 Å². The molecule has 2 heterocycles. The molecule has 0 saturated carbocycles. The lowest BCUT2D eigenvalue weighted by molar-refractivity contribution is 0.0853. The molecule has 6 nitrogen and oxygen atoms in total. The van der Waals surface area contributed by atoms with Gasteiger partial charge in [-0.1, -0.05) is 46.7 Å². The van der Waals surface area contributed by atoms with Crippen molar-refractivity contribution >= 4 is 5.91 Å². The predicted octanol–water partition coefficient (Wildman–Crippen LogP) is 2.61. The summed E-state index contributed by atoms with van der Waals surface area (Å²) < 4.78 is 5.10. The molecule has 0 bridgehead atoms. The predicted molar refractivity (Wildman–Crippen MR) is 89.4 cm³/mol. The van der Waals surface area contributed by atoms with E-state index in [2.05, 4.69) is 41.1 Å². The zero-order valence-electron chi connectivity index (χ0n) is 15.3. The molecule has 6 heteroatoms. The molecule has 1 aromatic rings. The number of aromatic nitrogens is 2. The van der Waals surface area contributed by atoms with E-state index < -0.39 is 0 Å². The minimum atomic E-state index is -0.262. The zero-order chi connectivity index (χ0) is 17.3. The molecule has 23 heavy (non-hydrogen) atoms. The number of nitrogens with one attached hydrogen (secondary N) is 1. The molecule has 1 amide bonds. The first-order valence-corrected chi connectivity index (χ1v) is 8.42. The molecule has 2 rings (SSSR count). The van der Waals surface area contributed by atoms with Gasteiger partial charge in [0.2, 0.25) is 0 Å². The summed E-state index contributed by atoms with van der Waals surface area (Å²) in [6.45, 7) is 15.8. The molecule has 0 aliphatic carbocycles. The maximum atomic E-state index is 12.2. The summed E-state index contributed by atoms with van der Waals surface area (Å²) in [5, 5.41) is 6.92. The minimum Gasteiger partial charge on any atom is -0.345 e. The SMILES string of the molecule is CC(C)(C)CN1CCC(NC(=O)c2nc(C(C)(C)C)no2)CC1. The van der Waals surface area contributed by atoms with Crippen molar-refractivity contribution in [2.45, 2.75) is 65.8 Å². The van der Waals surface area contributed by atoms with Crippen LogP contribution in [0.2, 0.25) is 0 Å². The Balaban J connectivity index is 1.84. The maximum Gasteiger partial charge on any atom is 0.315 e. The highest BCUT2D eigenvalue weighted by molar-refractivity contribution is 5.89. The molecule has 1 fully saturated rings. The van der Waals surface area contributed by atoms with Gasteiger partial charge in [-0.2, -0.15) is 4.98 Å². The molecule has 1 saturated heterocycles. The third kappa shape index (κ3) is 5.30. The van der Waals surface area contributed by atoms with Crippen molar-refractivity contribution in [2.24, 2.45) is 5.41 Å². The fourth-order valence-electron chi connectivity index (χ4n) is 2.77. The van der Waals surface area contributed by atoms with E-state index >= 15 is 0 Å². The van der Waals surface area contributed by atoms with Gasteiger partial charge in [0.25, 0.3) is 0 Å². The number of carbonyl (C=O) groups is 1. The van der Waals surface area contributed by atoms with Crippen molar-refractivity contribution in [1.82, 2.24) is 20.4 Å². The highest BCUT2D eigenvalue weighted by Gasteiger charge is 2.27. The molecule has 0 spiro atoms. The summed E-state index contributed by atoms with van der Waals surface area (Å²) in [5.74, 6) is 0.358. The van der Waals surface area contributed by atoms with Crippen LogP contribution in [0, 0.1) is 5.41 Å². The van der Waals surface area contributed by atoms with E-state index in [4.69, 9.17) is 4.52 Å². The summed E-state index contributed by atoms with van der Waals surface area (Å²) in [6, 6.07) is 0.184. The fraction of sp³-hybridized carbons (Fsp3) is 0.824. The van der Waals surface area contributed by atoms with Crippen molar-refractivity contribution in [1.29, 1.82) is 0 Å². The molecule has 0 atom stereocenters. The zero-order valence-corrected chi connectivity index (χ0v) is 15.3. The van der Waals surface area contributed by atoms with E-state index in [1.54, 1.807) is 0 Å². The highest BCUT2D eigenvalue weighted by atomic mass is 16.5. The molecule has 130 valence electrons. The fourth-order valence-corrected chi connectivity index (χ4v) is 2.77. The van der Waals surface area contributed by atoms with Crippen molar-refractivity contribution in [3.8, 4) is 0 Å². The second-order valence-electron chi connectivity index (χ2n) is 8.76. The Morgan fingerprint density at radius 1 is 1.22 bits per heavy atom. The molecule has 0 unspecified atom stereocenters. The van der Waals surface area contributed by atoms with E-state index in [1.165, 1.54) is 0 Å². The number of nitrogens with zero attached hydrogens (tertiary/aromatic N) is 3. The average Bonchev–Trinajstić information content (AvgIpc) is 2.89. The number of amides is 1. The van der Waals surface area contributed by atoms with E-state index in [1.807, 2.05) is 20.8 Å². The normalized spacial score (nSPS) is 18.2. The van der Waals surface area contributed by atoms with Gasteiger partial charge in [-0.15, -0.1) is 0 Å². The van der Waals surface area contributed by atoms with Crippen LogP contribution >= 0.6 is 0 Å². The van der Waals surface area contributed by atoms with E-state index in [9.17, 15) is 4.79 Å². The lowest BCUT2D eigenvalue weighted by Gasteiger charge is -2.36. The van der Waals surface area contributed by atoms with Gasteiger partial charge in [0.1, 0.15) is 0 Å². The summed E-state index contributed by atoms with van der Waals surface area (Å²) in [4.78, 5) is 18.9. The lowest BCUT2D eigenvalue weighted by Crippen LogP contribution is -2.46. The van der Waals surface area contributed by atoms with Crippen LogP contribution in [-0.2, 0) is 5.41 Å². The standard InChI is InChI=1S/C17H30N4O2/c1-16(2,3)11-21-9-7-12(8-10-21)18-13(22)14-19-15(20-23-14)17(4,5)6/h12H,7-11H2,1-6H3,(H,18,22). The Kier molecular flexibility index (Phi) is 5.14. The number of hydrogen-bond donors (Lipinski definition) is 1. The Morgan fingerprint density at radius 2 is 1.83 bits per heavy atom. The molecule has 0 aromatic carbocycles. The lowest BCUT2D eigenvalue weighted by atomic mass is 9.94. The van der Waals surface area contributed by atoms with Gasteiger partial charge in [0, 0.05) is 31.1 Å². The smallest absolute Gasteiger partial charge is 0.315 e. The average molecular weight is 322 g/mol. The number of carbonyl (C=O) groups excluding carboxylic acids is 1. The van der Waals surface area contributed by atoms with E-state index in [-0.39, 0.29) is 23.3 Å². The van der Waals surface area contributed by atoms with Crippen molar-refractivity contribution < 1.29 is 9.32 Å². The van der Waals surface area contributed by atoms with Crippen LogP contribution in [0.1, 0.15) is 70.9 Å². The molecule has 1 N–H and O–H groups in total. The number of piperidine rings is 1. The van der Waals surface area contributed by atoms with Gasteiger partial charge < -0.3 is 14.7 Å². The maximum absolute atomic E-state index is 12.2. The monoisotopic (exact) mass is 322 g/mol. The summed E-state index contributed by atoms with van der Waals surface area (Å²) in [7, 11) is 0. The largest absolute Gasteiger partial charge is 0.345 e. The minimum absolute atomic E-state index is 0.0621. The third-order valence-electron chi connectivity index (χ3n) is 3.91. The Bertz CT molecular complexity index is 532. The first kappa shape index (κ1) is 17.9. The van der Waals surface area contributed by atoms with Gasteiger partial charge >= 0.3 is 11.8 Å². The molecular formula is C17H30N4O2. The Labute approximate surface area is 139 Å². The van der Waals surface area contributed by atoms with Crippen molar-refractivity contribution in [3.05, 3.63) is 11.7 Å². The van der Waals surface area contributed by atoms with Crippen molar-refractivity contribution in [3.63, 3.8) is 0 Å². The van der Waals surface area contributed by atoms with Crippen LogP contribution in [0.3, 0.4) is 0 Å². The second kappa shape index (κ2) is 6.59. The number of likely N-dealkylation sites (tertiary alicyclic amines) is 1. The van der Waals surface area contributed by atoms with E-state index in [0.717, 1.165) is 32.5 Å². The highest BCUT2D eigenvalue weighted by Crippen LogP contribution is 2.20. The Hall–Kier alpha value is -1.43. The van der Waals surface area contributed by atoms with Crippen LogP contribution in [0.25, 0.3) is 0 Å². The molecule has 1 aliphatic heterocycles. The molecular weight excluding hydrogens is 292 g/mol. The van der Waals surface area contributed by atoms with Gasteiger partial charge in [0.05, 0.1) is 0 Å². The quantitative estimate of drug-likeness (QED) is 0.926. The number of hydrogen-bond acceptors (Lipinski definition) is 5. The first-order chi connectivity index (χ1) is 10.5. The van der Waals surface area contributed by atoms with Gasteiger partial charge in [-0.05, 0) is 18.3 Å². The van der Waals surface area contributed by atoms with Crippen LogP contribution in [0.5, 0.6) is 0 Å². The summed E-state index contributed by atoms with van der Waals surface area (Å²) in [6.07, 6.45) is 1.92.